The van der Waals surface area contributed by atoms with Crippen molar-refractivity contribution in [3.63, 3.8) is 0 Å². The number of rotatable bonds is 3. The van der Waals surface area contributed by atoms with Crippen molar-refractivity contribution in [2.45, 2.75) is 37.7 Å². The molecule has 2 aromatic rings. The van der Waals surface area contributed by atoms with Crippen LogP contribution in [0.2, 0.25) is 0 Å². The number of aliphatic hydroxyl groups is 1. The van der Waals surface area contributed by atoms with Crippen LogP contribution in [-0.2, 0) is 11.0 Å². The van der Waals surface area contributed by atoms with Gasteiger partial charge < -0.3 is 5.11 Å². The molecule has 0 amide bonds. The van der Waals surface area contributed by atoms with Gasteiger partial charge in [0.1, 0.15) is 0 Å². The third-order valence-corrected chi connectivity index (χ3v) is 4.17. The molecular formula is C18H18N2O. The SMILES string of the molecule is CC(C)(O)c1ccc(-c2ccc(C3(C#N)CC3)cn2)cc1. The summed E-state index contributed by atoms with van der Waals surface area (Å²) in [4.78, 5) is 4.48. The molecule has 21 heavy (non-hydrogen) atoms. The highest BCUT2D eigenvalue weighted by Crippen LogP contribution is 2.47. The van der Waals surface area contributed by atoms with Gasteiger partial charge in [-0.3, -0.25) is 4.98 Å². The van der Waals surface area contributed by atoms with Gasteiger partial charge in [-0.05, 0) is 43.9 Å². The molecule has 1 aliphatic carbocycles. The fraction of sp³-hybridized carbons (Fsp3) is 0.333. The van der Waals surface area contributed by atoms with E-state index in [1.54, 1.807) is 13.8 Å². The van der Waals surface area contributed by atoms with Crippen molar-refractivity contribution < 1.29 is 5.11 Å². The zero-order chi connectivity index (χ0) is 15.1. The lowest BCUT2D eigenvalue weighted by Crippen LogP contribution is -2.14. The van der Waals surface area contributed by atoms with Crippen LogP contribution in [0, 0.1) is 11.3 Å². The second kappa shape index (κ2) is 4.68. The number of pyridine rings is 1. The Morgan fingerprint density at radius 1 is 1.14 bits per heavy atom. The molecule has 0 spiro atoms. The van der Waals surface area contributed by atoms with E-state index in [9.17, 15) is 10.4 Å². The minimum atomic E-state index is -0.832. The summed E-state index contributed by atoms with van der Waals surface area (Å²) in [5.41, 5.74) is 2.68. The fourth-order valence-corrected chi connectivity index (χ4v) is 2.49. The first kappa shape index (κ1) is 13.8. The Balaban J connectivity index is 1.86. The Bertz CT molecular complexity index is 684. The summed E-state index contributed by atoms with van der Waals surface area (Å²) in [5.74, 6) is 0. The second-order valence-electron chi connectivity index (χ2n) is 6.26. The maximum absolute atomic E-state index is 9.96. The van der Waals surface area contributed by atoms with Gasteiger partial charge in [0, 0.05) is 11.8 Å². The van der Waals surface area contributed by atoms with E-state index in [4.69, 9.17) is 0 Å². The van der Waals surface area contributed by atoms with Crippen LogP contribution < -0.4 is 0 Å². The largest absolute Gasteiger partial charge is 0.386 e. The number of nitrogens with zero attached hydrogens (tertiary/aromatic N) is 2. The lowest BCUT2D eigenvalue weighted by Gasteiger charge is -2.17. The summed E-state index contributed by atoms with van der Waals surface area (Å²) in [6.07, 6.45) is 3.69. The number of hydrogen-bond acceptors (Lipinski definition) is 3. The maximum atomic E-state index is 9.96. The molecule has 0 radical (unpaired) electrons. The standard InChI is InChI=1S/C18H18N2O/c1-17(2,21)14-5-3-13(4-6-14)16-8-7-15(11-20-16)18(12-19)9-10-18/h3-8,11,21H,9-10H2,1-2H3. The van der Waals surface area contributed by atoms with Gasteiger partial charge >= 0.3 is 0 Å². The summed E-state index contributed by atoms with van der Waals surface area (Å²) in [5, 5.41) is 19.2. The van der Waals surface area contributed by atoms with Crippen molar-refractivity contribution in [2.24, 2.45) is 0 Å². The molecule has 1 fully saturated rings. The molecule has 0 bridgehead atoms. The number of nitriles is 1. The highest BCUT2D eigenvalue weighted by atomic mass is 16.3. The zero-order valence-corrected chi connectivity index (χ0v) is 12.3. The van der Waals surface area contributed by atoms with Crippen LogP contribution >= 0.6 is 0 Å². The zero-order valence-electron chi connectivity index (χ0n) is 12.3. The lowest BCUT2D eigenvalue weighted by atomic mass is 9.96. The average molecular weight is 278 g/mol. The highest BCUT2D eigenvalue weighted by Gasteiger charge is 2.45. The first-order chi connectivity index (χ1) is 9.94. The summed E-state index contributed by atoms with van der Waals surface area (Å²) in [6, 6.07) is 14.1. The Hall–Kier alpha value is -2.18. The normalized spacial score (nSPS) is 16.3. The lowest BCUT2D eigenvalue weighted by molar-refractivity contribution is 0.0786. The van der Waals surface area contributed by atoms with Gasteiger partial charge in [0.2, 0.25) is 0 Å². The van der Waals surface area contributed by atoms with Gasteiger partial charge in [-0.15, -0.1) is 0 Å². The first-order valence-corrected chi connectivity index (χ1v) is 7.16. The van der Waals surface area contributed by atoms with Gasteiger partial charge in [-0.25, -0.2) is 0 Å². The van der Waals surface area contributed by atoms with E-state index in [-0.39, 0.29) is 5.41 Å². The van der Waals surface area contributed by atoms with Crippen molar-refractivity contribution >= 4 is 0 Å². The van der Waals surface area contributed by atoms with Crippen LogP contribution in [0.5, 0.6) is 0 Å². The number of hydrogen-bond donors (Lipinski definition) is 1. The third-order valence-electron chi connectivity index (χ3n) is 4.17. The molecular weight excluding hydrogens is 260 g/mol. The van der Waals surface area contributed by atoms with Gasteiger partial charge in [-0.1, -0.05) is 30.3 Å². The van der Waals surface area contributed by atoms with Crippen LogP contribution in [-0.4, -0.2) is 10.1 Å². The summed E-state index contributed by atoms with van der Waals surface area (Å²) in [7, 11) is 0. The summed E-state index contributed by atoms with van der Waals surface area (Å²) < 4.78 is 0. The smallest absolute Gasteiger partial charge is 0.0840 e. The molecule has 1 aliphatic rings. The number of aromatic nitrogens is 1. The third kappa shape index (κ3) is 2.55. The van der Waals surface area contributed by atoms with Crippen LogP contribution in [0.4, 0.5) is 0 Å². The van der Waals surface area contributed by atoms with Crippen molar-refractivity contribution in [1.82, 2.24) is 4.98 Å². The van der Waals surface area contributed by atoms with Crippen LogP contribution in [0.15, 0.2) is 42.6 Å². The van der Waals surface area contributed by atoms with E-state index in [1.165, 1.54) is 0 Å². The van der Waals surface area contributed by atoms with Crippen molar-refractivity contribution in [1.29, 1.82) is 5.26 Å². The highest BCUT2D eigenvalue weighted by molar-refractivity contribution is 5.60. The molecule has 1 aromatic carbocycles. The van der Waals surface area contributed by atoms with Crippen LogP contribution in [0.3, 0.4) is 0 Å². The monoisotopic (exact) mass is 278 g/mol. The summed E-state index contributed by atoms with van der Waals surface area (Å²) >= 11 is 0. The Kier molecular flexibility index (Phi) is 3.07. The fourth-order valence-electron chi connectivity index (χ4n) is 2.49. The average Bonchev–Trinajstić information content (AvgIpc) is 3.28. The molecule has 0 atom stereocenters. The first-order valence-electron chi connectivity index (χ1n) is 7.16. The maximum Gasteiger partial charge on any atom is 0.0840 e. The topological polar surface area (TPSA) is 56.9 Å². The Morgan fingerprint density at radius 3 is 2.24 bits per heavy atom. The van der Waals surface area contributed by atoms with E-state index in [1.807, 2.05) is 42.6 Å². The molecule has 1 heterocycles. The van der Waals surface area contributed by atoms with Gasteiger partial charge in [0.15, 0.2) is 0 Å². The van der Waals surface area contributed by atoms with Crippen molar-refractivity contribution in [3.8, 4) is 17.3 Å². The second-order valence-corrected chi connectivity index (χ2v) is 6.26. The van der Waals surface area contributed by atoms with Gasteiger partial charge in [0.25, 0.3) is 0 Å². The van der Waals surface area contributed by atoms with E-state index in [0.717, 1.165) is 35.2 Å². The predicted molar refractivity (Wildman–Crippen MR) is 81.4 cm³/mol. The predicted octanol–water partition coefficient (Wildman–Crippen LogP) is 3.53. The minimum absolute atomic E-state index is 0.281. The Labute approximate surface area is 124 Å². The molecule has 0 saturated heterocycles. The van der Waals surface area contributed by atoms with E-state index >= 15 is 0 Å². The molecule has 3 rings (SSSR count). The molecule has 3 heteroatoms. The van der Waals surface area contributed by atoms with E-state index in [0.29, 0.717) is 0 Å². The molecule has 1 aromatic heterocycles. The molecule has 0 aliphatic heterocycles. The summed E-state index contributed by atoms with van der Waals surface area (Å²) in [6.45, 7) is 3.54. The van der Waals surface area contributed by atoms with E-state index in [2.05, 4.69) is 11.1 Å². The quantitative estimate of drug-likeness (QED) is 0.934. The molecule has 106 valence electrons. The van der Waals surface area contributed by atoms with Crippen LogP contribution in [0.1, 0.15) is 37.8 Å². The molecule has 0 unspecified atom stereocenters. The van der Waals surface area contributed by atoms with Crippen LogP contribution in [0.25, 0.3) is 11.3 Å². The van der Waals surface area contributed by atoms with Gasteiger partial charge in [0.05, 0.1) is 22.8 Å². The number of benzene rings is 1. The Morgan fingerprint density at radius 2 is 1.81 bits per heavy atom. The molecule has 3 nitrogen and oxygen atoms in total. The minimum Gasteiger partial charge on any atom is -0.386 e. The molecule has 1 N–H and O–H groups in total. The van der Waals surface area contributed by atoms with Crippen molar-refractivity contribution in [2.75, 3.05) is 0 Å². The van der Waals surface area contributed by atoms with Gasteiger partial charge in [-0.2, -0.15) is 5.26 Å². The van der Waals surface area contributed by atoms with Crippen molar-refractivity contribution in [3.05, 3.63) is 53.7 Å². The van der Waals surface area contributed by atoms with E-state index < -0.39 is 5.60 Å². The molecule has 1 saturated carbocycles.